The molecule has 1 aromatic carbocycles. The molecule has 1 heterocycles. The normalized spacial score (nSPS) is 11.1. The Morgan fingerprint density at radius 2 is 2.18 bits per heavy atom. The Morgan fingerprint density at radius 3 is 2.94 bits per heavy atom. The molecule has 0 unspecified atom stereocenters. The second-order valence-electron chi connectivity index (χ2n) is 4.26. The van der Waals surface area contributed by atoms with Crippen molar-refractivity contribution in [2.45, 2.75) is 0 Å². The minimum Gasteiger partial charge on any atom is -0.382 e. The quantitative estimate of drug-likeness (QED) is 0.939. The van der Waals surface area contributed by atoms with Crippen LogP contribution in [0.3, 0.4) is 0 Å². The first kappa shape index (κ1) is 12.3. The van der Waals surface area contributed by atoms with Gasteiger partial charge < -0.3 is 10.2 Å². The molecule has 0 saturated carbocycles. The lowest BCUT2D eigenvalue weighted by atomic mass is 10.2. The summed E-state index contributed by atoms with van der Waals surface area (Å²) in [5.74, 6) is 0. The molecule has 0 aliphatic carbocycles. The second kappa shape index (κ2) is 5.47. The summed E-state index contributed by atoms with van der Waals surface area (Å²) in [6.45, 7) is 1.93. The first-order valence-corrected chi connectivity index (χ1v) is 6.39. The molecular formula is C13H16BrN3. The van der Waals surface area contributed by atoms with E-state index >= 15 is 0 Å². The summed E-state index contributed by atoms with van der Waals surface area (Å²) in [6, 6.07) is 8.27. The number of benzene rings is 1. The minimum absolute atomic E-state index is 0.920. The minimum atomic E-state index is 0.920. The molecule has 0 saturated heterocycles. The highest BCUT2D eigenvalue weighted by Crippen LogP contribution is 2.23. The Kier molecular flexibility index (Phi) is 3.97. The van der Waals surface area contributed by atoms with E-state index in [1.165, 1.54) is 0 Å². The molecular weight excluding hydrogens is 278 g/mol. The van der Waals surface area contributed by atoms with Crippen molar-refractivity contribution < 1.29 is 0 Å². The predicted molar refractivity (Wildman–Crippen MR) is 76.5 cm³/mol. The van der Waals surface area contributed by atoms with E-state index in [-0.39, 0.29) is 0 Å². The smallest absolute Gasteiger partial charge is 0.0934 e. The van der Waals surface area contributed by atoms with Gasteiger partial charge in [-0.3, -0.25) is 4.98 Å². The van der Waals surface area contributed by atoms with Gasteiger partial charge in [-0.05, 0) is 42.2 Å². The SMILES string of the molecule is CN(C)CCNc1cccc2cc(Br)cnc12. The molecule has 0 bridgehead atoms. The summed E-state index contributed by atoms with van der Waals surface area (Å²) < 4.78 is 1.01. The highest BCUT2D eigenvalue weighted by molar-refractivity contribution is 9.10. The van der Waals surface area contributed by atoms with Crippen LogP contribution in [0.25, 0.3) is 10.9 Å². The van der Waals surface area contributed by atoms with Crippen LogP contribution in [0.5, 0.6) is 0 Å². The molecule has 17 heavy (non-hydrogen) atoms. The van der Waals surface area contributed by atoms with Crippen LogP contribution in [0, 0.1) is 0 Å². The molecule has 1 N–H and O–H groups in total. The van der Waals surface area contributed by atoms with Crippen LogP contribution >= 0.6 is 15.9 Å². The number of likely N-dealkylation sites (N-methyl/N-ethyl adjacent to an activating group) is 1. The number of aromatic nitrogens is 1. The molecule has 3 nitrogen and oxygen atoms in total. The maximum absolute atomic E-state index is 4.46. The molecule has 2 aromatic rings. The summed E-state index contributed by atoms with van der Waals surface area (Å²) in [6.07, 6.45) is 1.83. The summed E-state index contributed by atoms with van der Waals surface area (Å²) in [5, 5.41) is 4.57. The van der Waals surface area contributed by atoms with Crippen LogP contribution in [-0.4, -0.2) is 37.1 Å². The van der Waals surface area contributed by atoms with Gasteiger partial charge in [0, 0.05) is 29.1 Å². The molecule has 0 atom stereocenters. The van der Waals surface area contributed by atoms with Gasteiger partial charge in [0.05, 0.1) is 11.2 Å². The van der Waals surface area contributed by atoms with Gasteiger partial charge in [-0.2, -0.15) is 0 Å². The fraction of sp³-hybridized carbons (Fsp3) is 0.308. The predicted octanol–water partition coefficient (Wildman–Crippen LogP) is 2.97. The van der Waals surface area contributed by atoms with Crippen molar-refractivity contribution in [3.8, 4) is 0 Å². The van der Waals surface area contributed by atoms with Crippen molar-refractivity contribution in [1.29, 1.82) is 0 Å². The zero-order valence-electron chi connectivity index (χ0n) is 10.1. The maximum Gasteiger partial charge on any atom is 0.0934 e. The fourth-order valence-corrected chi connectivity index (χ4v) is 2.04. The standard InChI is InChI=1S/C13H16BrN3/c1-17(2)7-6-15-12-5-3-4-10-8-11(14)9-16-13(10)12/h3-5,8-9,15H,6-7H2,1-2H3. The van der Waals surface area contributed by atoms with E-state index in [1.807, 2.05) is 6.20 Å². The molecule has 0 radical (unpaired) electrons. The number of nitrogens with zero attached hydrogens (tertiary/aromatic N) is 2. The van der Waals surface area contributed by atoms with Crippen molar-refractivity contribution >= 4 is 32.5 Å². The van der Waals surface area contributed by atoms with Gasteiger partial charge in [0.1, 0.15) is 0 Å². The summed E-state index contributed by atoms with van der Waals surface area (Å²) in [5.41, 5.74) is 2.12. The van der Waals surface area contributed by atoms with Gasteiger partial charge in [-0.1, -0.05) is 12.1 Å². The van der Waals surface area contributed by atoms with Crippen molar-refractivity contribution in [2.24, 2.45) is 0 Å². The van der Waals surface area contributed by atoms with Gasteiger partial charge >= 0.3 is 0 Å². The van der Waals surface area contributed by atoms with Crippen LogP contribution in [0.2, 0.25) is 0 Å². The van der Waals surface area contributed by atoms with E-state index in [0.717, 1.165) is 34.2 Å². The van der Waals surface area contributed by atoms with Crippen molar-refractivity contribution in [3.05, 3.63) is 34.9 Å². The fourth-order valence-electron chi connectivity index (χ4n) is 1.69. The highest BCUT2D eigenvalue weighted by Gasteiger charge is 2.02. The van der Waals surface area contributed by atoms with E-state index in [2.05, 4.69) is 69.5 Å². The molecule has 0 aliphatic rings. The largest absolute Gasteiger partial charge is 0.382 e. The van der Waals surface area contributed by atoms with Crippen LogP contribution in [0.15, 0.2) is 34.9 Å². The summed E-state index contributed by atoms with van der Waals surface area (Å²) in [7, 11) is 4.14. The van der Waals surface area contributed by atoms with Crippen LogP contribution in [-0.2, 0) is 0 Å². The Bertz CT molecular complexity index is 511. The van der Waals surface area contributed by atoms with Gasteiger partial charge in [0.25, 0.3) is 0 Å². The number of para-hydroxylation sites is 1. The van der Waals surface area contributed by atoms with E-state index in [1.54, 1.807) is 0 Å². The van der Waals surface area contributed by atoms with E-state index in [0.29, 0.717) is 0 Å². The number of anilines is 1. The molecule has 0 spiro atoms. The number of hydrogen-bond donors (Lipinski definition) is 1. The second-order valence-corrected chi connectivity index (χ2v) is 5.18. The number of nitrogens with one attached hydrogen (secondary N) is 1. The number of rotatable bonds is 4. The molecule has 0 fully saturated rings. The third-order valence-corrected chi connectivity index (χ3v) is 2.99. The van der Waals surface area contributed by atoms with Crippen molar-refractivity contribution in [3.63, 3.8) is 0 Å². The Balaban J connectivity index is 2.22. The van der Waals surface area contributed by atoms with Gasteiger partial charge in [-0.15, -0.1) is 0 Å². The lowest BCUT2D eigenvalue weighted by Crippen LogP contribution is -2.20. The van der Waals surface area contributed by atoms with Gasteiger partial charge in [-0.25, -0.2) is 0 Å². The van der Waals surface area contributed by atoms with Crippen molar-refractivity contribution in [1.82, 2.24) is 9.88 Å². The van der Waals surface area contributed by atoms with E-state index in [4.69, 9.17) is 0 Å². The molecule has 4 heteroatoms. The molecule has 0 amide bonds. The van der Waals surface area contributed by atoms with Crippen LogP contribution < -0.4 is 5.32 Å². The zero-order chi connectivity index (χ0) is 12.3. The van der Waals surface area contributed by atoms with E-state index < -0.39 is 0 Å². The molecule has 0 aliphatic heterocycles. The average Bonchev–Trinajstić information content (AvgIpc) is 2.28. The Morgan fingerprint density at radius 1 is 1.35 bits per heavy atom. The first-order chi connectivity index (χ1) is 8.16. The van der Waals surface area contributed by atoms with Gasteiger partial charge in [0.15, 0.2) is 0 Å². The van der Waals surface area contributed by atoms with Crippen LogP contribution in [0.1, 0.15) is 0 Å². The molecule has 2 rings (SSSR count). The maximum atomic E-state index is 4.46. The highest BCUT2D eigenvalue weighted by atomic mass is 79.9. The van der Waals surface area contributed by atoms with E-state index in [9.17, 15) is 0 Å². The Labute approximate surface area is 110 Å². The number of pyridine rings is 1. The molecule has 1 aromatic heterocycles. The first-order valence-electron chi connectivity index (χ1n) is 5.60. The number of hydrogen-bond acceptors (Lipinski definition) is 3. The van der Waals surface area contributed by atoms with Gasteiger partial charge in [0.2, 0.25) is 0 Å². The lowest BCUT2D eigenvalue weighted by molar-refractivity contribution is 0.425. The average molecular weight is 294 g/mol. The zero-order valence-corrected chi connectivity index (χ0v) is 11.7. The molecule has 90 valence electrons. The topological polar surface area (TPSA) is 28.2 Å². The monoisotopic (exact) mass is 293 g/mol. The third kappa shape index (κ3) is 3.17. The summed E-state index contributed by atoms with van der Waals surface area (Å²) >= 11 is 3.44. The Hall–Kier alpha value is -1.13. The van der Waals surface area contributed by atoms with Crippen LogP contribution in [0.4, 0.5) is 5.69 Å². The summed E-state index contributed by atoms with van der Waals surface area (Å²) in [4.78, 5) is 6.61. The van der Waals surface area contributed by atoms with Crippen molar-refractivity contribution in [2.75, 3.05) is 32.5 Å². The number of halogens is 1. The number of fused-ring (bicyclic) bond motifs is 1. The lowest BCUT2D eigenvalue weighted by Gasteiger charge is -2.12. The third-order valence-electron chi connectivity index (χ3n) is 2.55.